The van der Waals surface area contributed by atoms with Gasteiger partial charge in [0.2, 0.25) is 5.91 Å². The lowest BCUT2D eigenvalue weighted by Gasteiger charge is -2.17. The summed E-state index contributed by atoms with van der Waals surface area (Å²) in [6.45, 7) is 3.95. The Morgan fingerprint density at radius 2 is 1.95 bits per heavy atom. The van der Waals surface area contributed by atoms with Gasteiger partial charge in [-0.15, -0.1) is 0 Å². The van der Waals surface area contributed by atoms with E-state index in [9.17, 15) is 14.4 Å². The molecule has 1 aromatic rings. The van der Waals surface area contributed by atoms with Crippen LogP contribution in [-0.4, -0.2) is 30.9 Å². The molecule has 22 heavy (non-hydrogen) atoms. The maximum absolute atomic E-state index is 11.8. The zero-order valence-electron chi connectivity index (χ0n) is 12.9. The second-order valence-electron chi connectivity index (χ2n) is 5.26. The minimum absolute atomic E-state index is 0.0932. The second kappa shape index (κ2) is 8.06. The van der Waals surface area contributed by atoms with Gasteiger partial charge < -0.3 is 26.1 Å². The van der Waals surface area contributed by atoms with Gasteiger partial charge in [-0.25, -0.2) is 4.79 Å². The van der Waals surface area contributed by atoms with Crippen molar-refractivity contribution in [2.45, 2.75) is 32.9 Å². The van der Waals surface area contributed by atoms with E-state index in [4.69, 9.17) is 10.2 Å². The average molecular weight is 310 g/mol. The average Bonchev–Trinajstić information content (AvgIpc) is 2.92. The van der Waals surface area contributed by atoms with Crippen LogP contribution in [0.25, 0.3) is 0 Å². The molecule has 0 saturated heterocycles. The highest BCUT2D eigenvalue weighted by molar-refractivity contribution is 5.91. The Morgan fingerprint density at radius 1 is 1.27 bits per heavy atom. The van der Waals surface area contributed by atoms with Crippen molar-refractivity contribution >= 4 is 17.8 Å². The molecule has 8 heteroatoms. The normalized spacial score (nSPS) is 11.8. The quantitative estimate of drug-likeness (QED) is 0.579. The first-order chi connectivity index (χ1) is 10.3. The van der Waals surface area contributed by atoms with Crippen LogP contribution in [0.15, 0.2) is 16.5 Å². The van der Waals surface area contributed by atoms with Gasteiger partial charge in [0.15, 0.2) is 5.76 Å². The fourth-order valence-corrected chi connectivity index (χ4v) is 1.81. The third-order valence-corrected chi connectivity index (χ3v) is 2.89. The monoisotopic (exact) mass is 310 g/mol. The summed E-state index contributed by atoms with van der Waals surface area (Å²) in [5.41, 5.74) is 5.25. The molecular weight excluding hydrogens is 288 g/mol. The van der Waals surface area contributed by atoms with E-state index >= 15 is 0 Å². The minimum atomic E-state index is -0.724. The van der Waals surface area contributed by atoms with Gasteiger partial charge in [0.05, 0.1) is 6.54 Å². The number of primary amides is 1. The van der Waals surface area contributed by atoms with Crippen molar-refractivity contribution in [2.24, 2.45) is 11.7 Å². The van der Waals surface area contributed by atoms with E-state index in [1.54, 1.807) is 6.07 Å². The summed E-state index contributed by atoms with van der Waals surface area (Å²) in [5, 5.41) is 7.49. The van der Waals surface area contributed by atoms with Gasteiger partial charge in [0.1, 0.15) is 11.8 Å². The molecule has 0 spiro atoms. The van der Waals surface area contributed by atoms with Crippen LogP contribution in [0, 0.1) is 5.92 Å². The van der Waals surface area contributed by atoms with Crippen molar-refractivity contribution in [3.63, 3.8) is 0 Å². The minimum Gasteiger partial charge on any atom is -0.454 e. The van der Waals surface area contributed by atoms with E-state index in [0.29, 0.717) is 12.2 Å². The molecule has 1 heterocycles. The Kier molecular flexibility index (Phi) is 6.43. The van der Waals surface area contributed by atoms with Crippen molar-refractivity contribution in [1.29, 1.82) is 0 Å². The van der Waals surface area contributed by atoms with E-state index in [2.05, 4.69) is 16.0 Å². The summed E-state index contributed by atoms with van der Waals surface area (Å²) < 4.78 is 5.26. The Hall–Kier alpha value is -2.51. The Balaban J connectivity index is 2.49. The zero-order chi connectivity index (χ0) is 16.7. The van der Waals surface area contributed by atoms with E-state index in [-0.39, 0.29) is 24.1 Å². The van der Waals surface area contributed by atoms with Crippen LogP contribution in [-0.2, 0) is 11.3 Å². The first kappa shape index (κ1) is 17.5. The molecule has 0 aliphatic carbocycles. The van der Waals surface area contributed by atoms with Gasteiger partial charge >= 0.3 is 6.03 Å². The summed E-state index contributed by atoms with van der Waals surface area (Å²) in [5.74, 6) is -0.120. The van der Waals surface area contributed by atoms with Crippen LogP contribution in [0.5, 0.6) is 0 Å². The third-order valence-electron chi connectivity index (χ3n) is 2.89. The molecule has 0 saturated carbocycles. The second-order valence-corrected chi connectivity index (χ2v) is 5.26. The third kappa shape index (κ3) is 5.47. The number of amides is 4. The molecule has 0 radical (unpaired) electrons. The number of carbonyl (C=O) groups excluding carboxylic acids is 3. The molecule has 0 aromatic carbocycles. The number of carbonyl (C=O) groups is 3. The van der Waals surface area contributed by atoms with Crippen molar-refractivity contribution in [2.75, 3.05) is 7.05 Å². The molecule has 5 N–H and O–H groups in total. The summed E-state index contributed by atoms with van der Waals surface area (Å²) in [6.07, 6.45) is 0.463. The molecule has 4 amide bonds. The molecule has 1 aromatic heterocycles. The van der Waals surface area contributed by atoms with Crippen LogP contribution >= 0.6 is 0 Å². The van der Waals surface area contributed by atoms with Gasteiger partial charge in [-0.2, -0.15) is 0 Å². The van der Waals surface area contributed by atoms with Crippen LogP contribution < -0.4 is 21.7 Å². The number of nitrogens with two attached hydrogens (primary N) is 1. The smallest absolute Gasteiger partial charge is 0.315 e. The predicted octanol–water partition coefficient (Wildman–Crippen LogP) is 0.338. The molecule has 0 bridgehead atoms. The highest BCUT2D eigenvalue weighted by atomic mass is 16.4. The number of nitrogens with one attached hydrogen (secondary N) is 3. The fourth-order valence-electron chi connectivity index (χ4n) is 1.81. The molecule has 1 rings (SSSR count). The highest BCUT2D eigenvalue weighted by Crippen LogP contribution is 2.07. The van der Waals surface area contributed by atoms with Gasteiger partial charge in [0.25, 0.3) is 5.91 Å². The fraction of sp³-hybridized carbons (Fsp3) is 0.500. The maximum Gasteiger partial charge on any atom is 0.315 e. The van der Waals surface area contributed by atoms with Crippen LogP contribution in [0.4, 0.5) is 4.79 Å². The van der Waals surface area contributed by atoms with Crippen molar-refractivity contribution in [3.8, 4) is 0 Å². The lowest BCUT2D eigenvalue weighted by Crippen LogP contribution is -2.48. The van der Waals surface area contributed by atoms with Crippen molar-refractivity contribution < 1.29 is 18.8 Å². The van der Waals surface area contributed by atoms with Crippen LogP contribution in [0.3, 0.4) is 0 Å². The molecule has 0 fully saturated rings. The van der Waals surface area contributed by atoms with E-state index in [1.807, 2.05) is 13.8 Å². The lowest BCUT2D eigenvalue weighted by molar-refractivity contribution is -0.120. The molecular formula is C14H22N4O4. The summed E-state index contributed by atoms with van der Waals surface area (Å²) in [4.78, 5) is 34.4. The summed E-state index contributed by atoms with van der Waals surface area (Å²) in [6, 6.07) is 1.85. The largest absolute Gasteiger partial charge is 0.454 e. The number of rotatable bonds is 7. The maximum atomic E-state index is 11.8. The first-order valence-electron chi connectivity index (χ1n) is 6.98. The molecule has 8 nitrogen and oxygen atoms in total. The molecule has 0 aliphatic heterocycles. The Morgan fingerprint density at radius 3 is 2.50 bits per heavy atom. The topological polar surface area (TPSA) is 126 Å². The SMILES string of the molecule is CNC(=O)c1ccc(CNC(=O)N[C@@H](CC(C)C)C(N)=O)o1. The van der Waals surface area contributed by atoms with Gasteiger partial charge in [-0.1, -0.05) is 13.8 Å². The number of hydrogen-bond acceptors (Lipinski definition) is 4. The lowest BCUT2D eigenvalue weighted by atomic mass is 10.0. The predicted molar refractivity (Wildman–Crippen MR) is 79.9 cm³/mol. The zero-order valence-corrected chi connectivity index (χ0v) is 12.9. The van der Waals surface area contributed by atoms with E-state index in [1.165, 1.54) is 13.1 Å². The highest BCUT2D eigenvalue weighted by Gasteiger charge is 2.19. The Bertz CT molecular complexity index is 539. The molecule has 0 unspecified atom stereocenters. The summed E-state index contributed by atoms with van der Waals surface area (Å²) >= 11 is 0. The number of urea groups is 1. The standard InChI is InChI=1S/C14H22N4O4/c1-8(2)6-10(12(15)19)18-14(21)17-7-9-4-5-11(22-9)13(20)16-3/h4-5,8,10H,6-7H2,1-3H3,(H2,15,19)(H,16,20)(H2,17,18,21)/t10-/m0/s1. The van der Waals surface area contributed by atoms with E-state index in [0.717, 1.165) is 0 Å². The Labute approximate surface area is 128 Å². The van der Waals surface area contributed by atoms with Crippen LogP contribution in [0.1, 0.15) is 36.6 Å². The van der Waals surface area contributed by atoms with Crippen molar-refractivity contribution in [1.82, 2.24) is 16.0 Å². The summed E-state index contributed by atoms with van der Waals surface area (Å²) in [7, 11) is 1.49. The molecule has 0 aliphatic rings. The number of hydrogen-bond donors (Lipinski definition) is 4. The molecule has 1 atom stereocenters. The number of furan rings is 1. The van der Waals surface area contributed by atoms with Crippen molar-refractivity contribution in [3.05, 3.63) is 23.7 Å². The molecule has 122 valence electrons. The van der Waals surface area contributed by atoms with Gasteiger partial charge in [-0.3, -0.25) is 9.59 Å². The van der Waals surface area contributed by atoms with E-state index < -0.39 is 18.0 Å². The first-order valence-corrected chi connectivity index (χ1v) is 6.98. The van der Waals surface area contributed by atoms with Gasteiger partial charge in [-0.05, 0) is 24.5 Å². The van der Waals surface area contributed by atoms with Gasteiger partial charge in [0, 0.05) is 7.05 Å². The van der Waals surface area contributed by atoms with Crippen LogP contribution in [0.2, 0.25) is 0 Å².